The number of hydrogen-bond acceptors (Lipinski definition) is 8. The molecule has 0 amide bonds. The number of carbonyl (C=O) groups excluding carboxylic acids is 2. The van der Waals surface area contributed by atoms with Crippen LogP contribution in [0.2, 0.25) is 0 Å². The van der Waals surface area contributed by atoms with Gasteiger partial charge in [-0.05, 0) is 31.5 Å². The molecule has 1 aromatic carbocycles. The van der Waals surface area contributed by atoms with Gasteiger partial charge < -0.3 is 24.6 Å². The van der Waals surface area contributed by atoms with Crippen molar-refractivity contribution < 1.29 is 55.6 Å². The van der Waals surface area contributed by atoms with Crippen molar-refractivity contribution in [2.75, 3.05) is 32.2 Å². The molecule has 1 saturated heterocycles. The minimum absolute atomic E-state index is 0.376. The molecule has 14 heteroatoms. The molecule has 0 bridgehead atoms. The topological polar surface area (TPSA) is 108 Å². The Morgan fingerprint density at radius 1 is 0.886 bits per heavy atom. The van der Waals surface area contributed by atoms with Gasteiger partial charge in [-0.3, -0.25) is 9.59 Å². The van der Waals surface area contributed by atoms with Crippen LogP contribution in [0.3, 0.4) is 0 Å². The number of carbonyl (C=O) groups is 2. The number of benzene rings is 1. The Kier molecular flexibility index (Phi) is 8.04. The molecule has 1 heterocycles. The summed E-state index contributed by atoms with van der Waals surface area (Å²) in [7, 11) is 3.24. The summed E-state index contributed by atoms with van der Waals surface area (Å²) in [5.41, 5.74) is -9.17. The Hall–Kier alpha value is -2.58. The van der Waals surface area contributed by atoms with Crippen LogP contribution in [0.4, 0.5) is 32.0 Å². The maximum absolute atomic E-state index is 14.1. The van der Waals surface area contributed by atoms with Crippen molar-refractivity contribution >= 4 is 17.6 Å². The summed E-state index contributed by atoms with van der Waals surface area (Å²) in [6.45, 7) is 1.50. The fraction of sp³-hybridized carbons (Fsp3) is 0.619. The number of aliphatic hydroxyl groups is 2. The summed E-state index contributed by atoms with van der Waals surface area (Å²) in [6.07, 6.45) is -11.9. The van der Waals surface area contributed by atoms with Crippen LogP contribution in [0.25, 0.3) is 0 Å². The summed E-state index contributed by atoms with van der Waals surface area (Å²) in [5, 5.41) is 22.0. The summed E-state index contributed by atoms with van der Waals surface area (Å²) in [5.74, 6) is -11.5. The minimum Gasteiger partial charge on any atom is -0.466 e. The van der Waals surface area contributed by atoms with Crippen LogP contribution in [0, 0.1) is 11.8 Å². The molecule has 1 fully saturated rings. The van der Waals surface area contributed by atoms with E-state index in [2.05, 4.69) is 9.47 Å². The largest absolute Gasteiger partial charge is 0.466 e. The molecular formula is C21H26F6N2O6. The van der Waals surface area contributed by atoms with Crippen molar-refractivity contribution in [3.8, 4) is 0 Å². The zero-order chi connectivity index (χ0) is 27.0. The van der Waals surface area contributed by atoms with E-state index in [9.17, 15) is 46.1 Å². The summed E-state index contributed by atoms with van der Waals surface area (Å²) < 4.78 is 94.1. The SMILES string of the molecule is CCOC(=O)[C@@H]1C(c2ccc(N(C)C)cc2)[C@@H](C(=O)OCC)[C@](O)(C(F)(F)F)N[C@]1(O)C(F)(F)F. The fourth-order valence-electron chi connectivity index (χ4n) is 4.13. The lowest BCUT2D eigenvalue weighted by molar-refractivity contribution is -0.376. The molecule has 0 aromatic heterocycles. The number of rotatable bonds is 6. The van der Waals surface area contributed by atoms with Gasteiger partial charge in [0.25, 0.3) is 0 Å². The molecule has 1 aliphatic rings. The minimum atomic E-state index is -5.93. The highest BCUT2D eigenvalue weighted by atomic mass is 19.4. The van der Waals surface area contributed by atoms with E-state index in [-0.39, 0.29) is 5.56 Å². The van der Waals surface area contributed by atoms with Gasteiger partial charge in [0, 0.05) is 25.7 Å². The number of nitrogens with zero attached hydrogens (tertiary/aromatic N) is 1. The Morgan fingerprint density at radius 3 is 1.54 bits per heavy atom. The first-order valence-electron chi connectivity index (χ1n) is 10.4. The van der Waals surface area contributed by atoms with Gasteiger partial charge in [-0.1, -0.05) is 12.1 Å². The number of nitrogens with one attached hydrogen (secondary N) is 1. The molecule has 1 aromatic rings. The number of anilines is 1. The number of hydrogen-bond donors (Lipinski definition) is 3. The van der Waals surface area contributed by atoms with Crippen molar-refractivity contribution in [3.05, 3.63) is 29.8 Å². The highest BCUT2D eigenvalue weighted by Gasteiger charge is 2.78. The Balaban J connectivity index is 2.96. The maximum Gasteiger partial charge on any atom is 0.432 e. The molecule has 35 heavy (non-hydrogen) atoms. The van der Waals surface area contributed by atoms with E-state index < -0.39 is 66.7 Å². The van der Waals surface area contributed by atoms with Gasteiger partial charge in [0.15, 0.2) is 0 Å². The second kappa shape index (κ2) is 9.82. The Labute approximate surface area is 196 Å². The summed E-state index contributed by atoms with van der Waals surface area (Å²) >= 11 is 0. The molecule has 0 aliphatic carbocycles. The van der Waals surface area contributed by atoms with Crippen LogP contribution >= 0.6 is 0 Å². The monoisotopic (exact) mass is 516 g/mol. The lowest BCUT2D eigenvalue weighted by Crippen LogP contribution is -2.81. The number of halogens is 6. The lowest BCUT2D eigenvalue weighted by Gasteiger charge is -2.54. The zero-order valence-corrected chi connectivity index (χ0v) is 19.2. The van der Waals surface area contributed by atoms with Crippen LogP contribution < -0.4 is 10.2 Å². The van der Waals surface area contributed by atoms with Gasteiger partial charge in [-0.2, -0.15) is 26.3 Å². The van der Waals surface area contributed by atoms with Crippen LogP contribution in [-0.2, 0) is 19.1 Å². The van der Waals surface area contributed by atoms with E-state index in [1.165, 1.54) is 26.0 Å². The van der Waals surface area contributed by atoms with Crippen molar-refractivity contribution in [2.24, 2.45) is 11.8 Å². The molecule has 0 radical (unpaired) electrons. The van der Waals surface area contributed by atoms with Crippen LogP contribution in [0.5, 0.6) is 0 Å². The second-order valence-electron chi connectivity index (χ2n) is 8.12. The molecule has 0 saturated carbocycles. The molecule has 0 spiro atoms. The van der Waals surface area contributed by atoms with Gasteiger partial charge >= 0.3 is 24.3 Å². The second-order valence-corrected chi connectivity index (χ2v) is 8.12. The van der Waals surface area contributed by atoms with E-state index >= 15 is 0 Å². The molecule has 3 N–H and O–H groups in total. The highest BCUT2D eigenvalue weighted by Crippen LogP contribution is 2.55. The molecule has 1 unspecified atom stereocenters. The third-order valence-corrected chi connectivity index (χ3v) is 5.74. The zero-order valence-electron chi connectivity index (χ0n) is 19.2. The van der Waals surface area contributed by atoms with Gasteiger partial charge in [0.2, 0.25) is 11.4 Å². The highest BCUT2D eigenvalue weighted by molar-refractivity contribution is 5.81. The summed E-state index contributed by atoms with van der Waals surface area (Å²) in [6, 6.07) is 4.83. The molecule has 198 valence electrons. The number of piperidine rings is 1. The first-order chi connectivity index (χ1) is 16.0. The normalized spacial score (nSPS) is 29.4. The fourth-order valence-corrected chi connectivity index (χ4v) is 4.13. The van der Waals surface area contributed by atoms with E-state index in [1.54, 1.807) is 19.0 Å². The Bertz CT molecular complexity index is 874. The van der Waals surface area contributed by atoms with Gasteiger partial charge in [-0.15, -0.1) is 0 Å². The maximum atomic E-state index is 14.1. The van der Waals surface area contributed by atoms with E-state index in [0.29, 0.717) is 5.69 Å². The van der Waals surface area contributed by atoms with Crippen molar-refractivity contribution in [3.63, 3.8) is 0 Å². The number of ether oxygens (including phenoxy) is 2. The first kappa shape index (κ1) is 28.7. The van der Waals surface area contributed by atoms with Crippen molar-refractivity contribution in [1.82, 2.24) is 5.32 Å². The third kappa shape index (κ3) is 5.05. The smallest absolute Gasteiger partial charge is 0.432 e. The van der Waals surface area contributed by atoms with E-state index in [0.717, 1.165) is 17.4 Å². The van der Waals surface area contributed by atoms with E-state index in [4.69, 9.17) is 0 Å². The molecule has 5 atom stereocenters. The quantitative estimate of drug-likeness (QED) is 0.391. The van der Waals surface area contributed by atoms with Crippen LogP contribution in [-0.4, -0.2) is 73.3 Å². The first-order valence-corrected chi connectivity index (χ1v) is 10.4. The predicted molar refractivity (Wildman–Crippen MR) is 109 cm³/mol. The molecule has 2 rings (SSSR count). The average Bonchev–Trinajstić information content (AvgIpc) is 2.71. The van der Waals surface area contributed by atoms with Gasteiger partial charge in [-0.25, -0.2) is 5.32 Å². The van der Waals surface area contributed by atoms with Gasteiger partial charge in [0.05, 0.1) is 13.2 Å². The average molecular weight is 516 g/mol. The van der Waals surface area contributed by atoms with Crippen LogP contribution in [0.1, 0.15) is 25.3 Å². The Morgan fingerprint density at radius 2 is 1.26 bits per heavy atom. The van der Waals surface area contributed by atoms with Gasteiger partial charge in [0.1, 0.15) is 11.8 Å². The predicted octanol–water partition coefficient (Wildman–Crippen LogP) is 2.30. The van der Waals surface area contributed by atoms with Crippen molar-refractivity contribution in [2.45, 2.75) is 43.6 Å². The third-order valence-electron chi connectivity index (χ3n) is 5.74. The number of esters is 2. The molecular weight excluding hydrogens is 490 g/mol. The lowest BCUT2D eigenvalue weighted by atomic mass is 9.64. The molecule has 8 nitrogen and oxygen atoms in total. The summed E-state index contributed by atoms with van der Waals surface area (Å²) in [4.78, 5) is 27.1. The van der Waals surface area contributed by atoms with E-state index in [1.807, 2.05) is 0 Å². The standard InChI is InChI=1S/C21H26F6N2O6/c1-5-34-16(30)14-13(11-7-9-12(10-8-11)29(3)4)15(17(31)35-6-2)19(33,21(25,26)27)28-18(14,32)20(22,23)24/h7-10,13-15,28,32-33H,5-6H2,1-4H3/t13?,14-,15-,18-,19+/m0/s1. The van der Waals surface area contributed by atoms with Crippen molar-refractivity contribution in [1.29, 1.82) is 0 Å². The van der Waals surface area contributed by atoms with Crippen LogP contribution in [0.15, 0.2) is 24.3 Å². The molecule has 1 aliphatic heterocycles. The number of alkyl halides is 6.